The van der Waals surface area contributed by atoms with E-state index >= 15 is 0 Å². The van der Waals surface area contributed by atoms with E-state index in [1.807, 2.05) is 6.07 Å². The van der Waals surface area contributed by atoms with Gasteiger partial charge in [-0.1, -0.05) is 12.2 Å². The molecule has 1 N–H and O–H groups in total. The second-order valence-electron chi connectivity index (χ2n) is 7.30. The Balaban J connectivity index is 1.39. The van der Waals surface area contributed by atoms with Crippen LogP contribution >= 0.6 is 0 Å². The molecule has 1 aliphatic heterocycles. The van der Waals surface area contributed by atoms with E-state index in [4.69, 9.17) is 5.26 Å². The molecule has 6 heteroatoms. The van der Waals surface area contributed by atoms with E-state index in [1.165, 1.54) is 24.3 Å². The van der Waals surface area contributed by atoms with Gasteiger partial charge in [-0.2, -0.15) is 10.3 Å². The number of benzene rings is 1. The lowest BCUT2D eigenvalue weighted by Crippen LogP contribution is -2.46. The van der Waals surface area contributed by atoms with E-state index in [-0.39, 0.29) is 35.5 Å². The Labute approximate surface area is 144 Å². The molecule has 6 unspecified atom stereocenters. The first-order valence-corrected chi connectivity index (χ1v) is 8.47. The fraction of sp³-hybridized carbons (Fsp3) is 0.368. The average Bonchev–Trinajstić information content (AvgIpc) is 3.43. The number of hydrazine groups is 1. The van der Waals surface area contributed by atoms with Gasteiger partial charge in [-0.25, -0.2) is 0 Å². The fourth-order valence-electron chi connectivity index (χ4n) is 4.93. The maximum Gasteiger partial charge on any atom is 0.270 e. The largest absolute Gasteiger partial charge is 0.272 e. The van der Waals surface area contributed by atoms with Crippen LogP contribution in [0.4, 0.5) is 0 Å². The maximum absolute atomic E-state index is 12.8. The first-order chi connectivity index (χ1) is 12.1. The summed E-state index contributed by atoms with van der Waals surface area (Å²) in [6.07, 6.45) is 5.29. The van der Waals surface area contributed by atoms with E-state index < -0.39 is 5.91 Å². The zero-order valence-electron chi connectivity index (χ0n) is 13.3. The second-order valence-corrected chi connectivity index (χ2v) is 7.30. The SMILES string of the molecule is N#Cc1ccc(C(=O)NN2C(=O)C3C4C=CC(C5CC45)C3C2=O)cc1. The quantitative estimate of drug-likeness (QED) is 0.651. The van der Waals surface area contributed by atoms with Crippen molar-refractivity contribution in [3.8, 4) is 6.07 Å². The van der Waals surface area contributed by atoms with Crippen molar-refractivity contribution in [2.45, 2.75) is 6.42 Å². The molecule has 4 aliphatic carbocycles. The minimum atomic E-state index is -0.518. The summed E-state index contributed by atoms with van der Waals surface area (Å²) in [5.41, 5.74) is 3.22. The highest BCUT2D eigenvalue weighted by Crippen LogP contribution is 2.65. The maximum atomic E-state index is 12.8. The van der Waals surface area contributed by atoms with Crippen molar-refractivity contribution < 1.29 is 14.4 Å². The third kappa shape index (κ3) is 1.86. The van der Waals surface area contributed by atoms with E-state index in [0.717, 1.165) is 11.4 Å². The van der Waals surface area contributed by atoms with Crippen molar-refractivity contribution in [1.29, 1.82) is 5.26 Å². The van der Waals surface area contributed by atoms with Crippen molar-refractivity contribution in [2.75, 3.05) is 0 Å². The molecule has 6 atom stereocenters. The van der Waals surface area contributed by atoms with Crippen molar-refractivity contribution in [1.82, 2.24) is 10.4 Å². The van der Waals surface area contributed by atoms with Crippen LogP contribution in [0.2, 0.25) is 0 Å². The third-order valence-corrected chi connectivity index (χ3v) is 6.15. The van der Waals surface area contributed by atoms with Crippen molar-refractivity contribution in [2.24, 2.45) is 35.5 Å². The molecule has 124 valence electrons. The summed E-state index contributed by atoms with van der Waals surface area (Å²) in [6.45, 7) is 0. The molecule has 1 heterocycles. The Kier molecular flexibility index (Phi) is 2.76. The number of nitrogens with zero attached hydrogens (tertiary/aromatic N) is 2. The number of nitrogens with one attached hydrogen (secondary N) is 1. The highest BCUT2D eigenvalue weighted by molar-refractivity contribution is 6.08. The molecular formula is C19H15N3O3. The molecule has 25 heavy (non-hydrogen) atoms. The number of amides is 3. The smallest absolute Gasteiger partial charge is 0.270 e. The third-order valence-electron chi connectivity index (χ3n) is 6.15. The Hall–Kier alpha value is -2.94. The van der Waals surface area contributed by atoms with Crippen LogP contribution in [0.1, 0.15) is 22.3 Å². The van der Waals surface area contributed by atoms with Crippen LogP contribution in [0.5, 0.6) is 0 Å². The van der Waals surface area contributed by atoms with Crippen LogP contribution in [0.25, 0.3) is 0 Å². The monoisotopic (exact) mass is 333 g/mol. The Morgan fingerprint density at radius 1 is 1.04 bits per heavy atom. The molecule has 2 saturated carbocycles. The zero-order chi connectivity index (χ0) is 17.3. The molecule has 3 fully saturated rings. The van der Waals surface area contributed by atoms with Gasteiger partial charge in [0.05, 0.1) is 23.5 Å². The van der Waals surface area contributed by atoms with Crippen LogP contribution in [0.3, 0.4) is 0 Å². The zero-order valence-corrected chi connectivity index (χ0v) is 13.3. The summed E-state index contributed by atoms with van der Waals surface area (Å²) in [6, 6.07) is 8.05. The summed E-state index contributed by atoms with van der Waals surface area (Å²) in [5.74, 6) is -0.426. The van der Waals surface area contributed by atoms with Crippen LogP contribution in [-0.2, 0) is 9.59 Å². The van der Waals surface area contributed by atoms with Crippen molar-refractivity contribution in [3.63, 3.8) is 0 Å². The fourth-order valence-corrected chi connectivity index (χ4v) is 4.93. The average molecular weight is 333 g/mol. The topological polar surface area (TPSA) is 90.3 Å². The molecule has 2 bridgehead atoms. The summed E-state index contributed by atoms with van der Waals surface area (Å²) < 4.78 is 0. The highest BCUT2D eigenvalue weighted by Gasteiger charge is 2.67. The molecule has 6 rings (SSSR count). The van der Waals surface area contributed by atoms with Gasteiger partial charge in [0, 0.05) is 5.56 Å². The lowest BCUT2D eigenvalue weighted by molar-refractivity contribution is -0.143. The van der Waals surface area contributed by atoms with E-state index in [2.05, 4.69) is 17.6 Å². The van der Waals surface area contributed by atoms with E-state index in [0.29, 0.717) is 23.0 Å². The molecule has 0 radical (unpaired) electrons. The molecule has 0 aromatic heterocycles. The molecule has 0 spiro atoms. The second kappa shape index (κ2) is 4.79. The van der Waals surface area contributed by atoms with Crippen LogP contribution in [0.15, 0.2) is 36.4 Å². The first kappa shape index (κ1) is 14.4. The first-order valence-electron chi connectivity index (χ1n) is 8.47. The number of allylic oxidation sites excluding steroid dienone is 2. The Morgan fingerprint density at radius 3 is 2.12 bits per heavy atom. The summed E-state index contributed by atoms with van der Waals surface area (Å²) in [7, 11) is 0. The number of hydrogen-bond donors (Lipinski definition) is 1. The van der Waals surface area contributed by atoms with Gasteiger partial charge in [-0.15, -0.1) is 0 Å². The lowest BCUT2D eigenvalue weighted by atomic mass is 9.63. The van der Waals surface area contributed by atoms with Crippen LogP contribution in [-0.4, -0.2) is 22.7 Å². The van der Waals surface area contributed by atoms with Gasteiger partial charge in [-0.3, -0.25) is 19.8 Å². The predicted molar refractivity (Wildman–Crippen MR) is 85.2 cm³/mol. The van der Waals surface area contributed by atoms with Crippen molar-refractivity contribution >= 4 is 17.7 Å². The molecule has 5 aliphatic rings. The molecule has 1 saturated heterocycles. The van der Waals surface area contributed by atoms with Gasteiger partial charge in [-0.05, 0) is 54.4 Å². The molecular weight excluding hydrogens is 318 g/mol. The van der Waals surface area contributed by atoms with E-state index in [9.17, 15) is 14.4 Å². The number of hydrogen-bond acceptors (Lipinski definition) is 4. The number of carbonyl (C=O) groups excluding carboxylic acids is 3. The lowest BCUT2D eigenvalue weighted by Gasteiger charge is -2.37. The number of rotatable bonds is 2. The molecule has 3 amide bonds. The van der Waals surface area contributed by atoms with Gasteiger partial charge in [0.15, 0.2) is 0 Å². The molecule has 1 aromatic rings. The van der Waals surface area contributed by atoms with Gasteiger partial charge < -0.3 is 0 Å². The minimum Gasteiger partial charge on any atom is -0.272 e. The van der Waals surface area contributed by atoms with Crippen LogP contribution < -0.4 is 5.43 Å². The Bertz CT molecular complexity index is 846. The van der Waals surface area contributed by atoms with Crippen molar-refractivity contribution in [3.05, 3.63) is 47.5 Å². The van der Waals surface area contributed by atoms with Gasteiger partial charge in [0.2, 0.25) is 0 Å². The standard InChI is InChI=1S/C19H15N3O3/c20-8-9-1-3-10(4-2-9)17(23)21-22-18(24)15-11-5-6-12(14-7-13(11)14)16(15)19(22)25/h1-6,11-16H,7H2,(H,21,23). The minimum absolute atomic E-state index is 0.133. The summed E-state index contributed by atoms with van der Waals surface area (Å²) in [4.78, 5) is 38.0. The number of carbonyl (C=O) groups is 3. The van der Waals surface area contributed by atoms with E-state index in [1.54, 1.807) is 0 Å². The normalized spacial score (nSPS) is 36.7. The van der Waals surface area contributed by atoms with Gasteiger partial charge >= 0.3 is 0 Å². The highest BCUT2D eigenvalue weighted by atomic mass is 16.2. The predicted octanol–water partition coefficient (Wildman–Crippen LogP) is 1.26. The molecule has 1 aromatic carbocycles. The number of imide groups is 1. The van der Waals surface area contributed by atoms with Crippen LogP contribution in [0, 0.1) is 46.8 Å². The number of nitriles is 1. The Morgan fingerprint density at radius 2 is 1.60 bits per heavy atom. The summed E-state index contributed by atoms with van der Waals surface area (Å²) >= 11 is 0. The summed E-state index contributed by atoms with van der Waals surface area (Å²) in [5, 5.41) is 9.74. The van der Waals surface area contributed by atoms with Gasteiger partial charge in [0.1, 0.15) is 0 Å². The van der Waals surface area contributed by atoms with Gasteiger partial charge in [0.25, 0.3) is 17.7 Å². The molecule has 6 nitrogen and oxygen atoms in total.